The van der Waals surface area contributed by atoms with Gasteiger partial charge in [-0.25, -0.2) is 12.8 Å². The molecule has 0 saturated carbocycles. The van der Waals surface area contributed by atoms with Crippen LogP contribution in [-0.4, -0.2) is 51.4 Å². The quantitative estimate of drug-likeness (QED) is 0.287. The maximum atomic E-state index is 14.0. The summed E-state index contributed by atoms with van der Waals surface area (Å²) in [5, 5.41) is 3.03. The van der Waals surface area contributed by atoms with E-state index >= 15 is 0 Å². The topological polar surface area (TPSA) is 96.0 Å². The predicted molar refractivity (Wildman–Crippen MR) is 158 cm³/mol. The zero-order valence-electron chi connectivity index (χ0n) is 23.5. The number of hydrogen-bond donors (Lipinski definition) is 1. The molecule has 3 rings (SSSR count). The molecule has 3 aromatic rings. The molecule has 8 nitrogen and oxygen atoms in total. The first-order chi connectivity index (χ1) is 19.5. The maximum Gasteiger partial charge on any atom is 0.264 e. The molecule has 0 aliphatic carbocycles. The number of nitrogens with zero attached hydrogens (tertiary/aromatic N) is 2. The van der Waals surface area contributed by atoms with Gasteiger partial charge in [0.15, 0.2) is 0 Å². The molecule has 0 radical (unpaired) electrons. The van der Waals surface area contributed by atoms with Crippen LogP contribution < -0.4 is 14.4 Å². The molecule has 3 aromatic carbocycles. The van der Waals surface area contributed by atoms with Gasteiger partial charge in [-0.2, -0.15) is 0 Å². The van der Waals surface area contributed by atoms with Crippen molar-refractivity contribution in [1.82, 2.24) is 10.2 Å². The Kier molecular flexibility index (Phi) is 11.1. The number of amides is 2. The number of sulfonamides is 1. The second-order valence-corrected chi connectivity index (χ2v) is 12.1. The SMILES string of the molecule is CC[C@H](C(=O)NCC(C)C)N(Cc1ccc(F)cc1)C(=O)CN(c1ccc(OC)c(Cl)c1)S(=O)(=O)c1ccccc1. The number of nitrogens with one attached hydrogen (secondary N) is 1. The molecule has 11 heteroatoms. The summed E-state index contributed by atoms with van der Waals surface area (Å²) in [5.74, 6) is -0.896. The van der Waals surface area contributed by atoms with Crippen LogP contribution in [0.3, 0.4) is 0 Å². The fourth-order valence-corrected chi connectivity index (χ4v) is 5.87. The van der Waals surface area contributed by atoms with Crippen LogP contribution in [-0.2, 0) is 26.2 Å². The normalized spacial score (nSPS) is 12.1. The highest BCUT2D eigenvalue weighted by molar-refractivity contribution is 7.92. The first-order valence-electron chi connectivity index (χ1n) is 13.2. The Morgan fingerprint density at radius 3 is 2.24 bits per heavy atom. The Hall–Kier alpha value is -3.63. The van der Waals surface area contributed by atoms with Gasteiger partial charge < -0.3 is 15.0 Å². The molecule has 1 N–H and O–H groups in total. The Morgan fingerprint density at radius 2 is 1.68 bits per heavy atom. The minimum absolute atomic E-state index is 0.0217. The Balaban J connectivity index is 2.06. The molecule has 0 aliphatic rings. The molecule has 0 bridgehead atoms. The second kappa shape index (κ2) is 14.3. The van der Waals surface area contributed by atoms with Gasteiger partial charge in [-0.15, -0.1) is 0 Å². The molecule has 0 aliphatic heterocycles. The number of hydrogen-bond acceptors (Lipinski definition) is 5. The van der Waals surface area contributed by atoms with Crippen LogP contribution in [0.4, 0.5) is 10.1 Å². The van der Waals surface area contributed by atoms with E-state index in [-0.39, 0.29) is 40.4 Å². The minimum Gasteiger partial charge on any atom is -0.495 e. The van der Waals surface area contributed by atoms with Gasteiger partial charge >= 0.3 is 0 Å². The van der Waals surface area contributed by atoms with Crippen LogP contribution in [0, 0.1) is 11.7 Å². The zero-order valence-corrected chi connectivity index (χ0v) is 25.1. The molecule has 0 unspecified atom stereocenters. The van der Waals surface area contributed by atoms with Crippen molar-refractivity contribution < 1.29 is 27.1 Å². The average molecular weight is 604 g/mol. The molecule has 0 heterocycles. The molecule has 0 spiro atoms. The lowest BCUT2D eigenvalue weighted by Crippen LogP contribution is -2.52. The summed E-state index contributed by atoms with van der Waals surface area (Å²) in [6.07, 6.45) is 0.274. The van der Waals surface area contributed by atoms with Crippen molar-refractivity contribution in [2.75, 3.05) is 24.5 Å². The van der Waals surface area contributed by atoms with Crippen LogP contribution in [0.5, 0.6) is 5.75 Å². The van der Waals surface area contributed by atoms with Crippen LogP contribution in [0.1, 0.15) is 32.8 Å². The highest BCUT2D eigenvalue weighted by Gasteiger charge is 2.34. The van der Waals surface area contributed by atoms with Crippen LogP contribution in [0.15, 0.2) is 77.7 Å². The molecular weight excluding hydrogens is 569 g/mol. The zero-order chi connectivity index (χ0) is 30.2. The molecule has 41 heavy (non-hydrogen) atoms. The average Bonchev–Trinajstić information content (AvgIpc) is 2.95. The van der Waals surface area contributed by atoms with Crippen molar-refractivity contribution >= 4 is 39.1 Å². The summed E-state index contributed by atoms with van der Waals surface area (Å²) in [7, 11) is -2.80. The van der Waals surface area contributed by atoms with E-state index in [1.165, 1.54) is 66.6 Å². The van der Waals surface area contributed by atoms with E-state index in [4.69, 9.17) is 16.3 Å². The summed E-state index contributed by atoms with van der Waals surface area (Å²) in [6, 6.07) is 16.8. The molecule has 220 valence electrons. The number of ether oxygens (including phenoxy) is 1. The van der Waals surface area contributed by atoms with Crippen molar-refractivity contribution in [3.63, 3.8) is 0 Å². The third-order valence-electron chi connectivity index (χ3n) is 6.37. The number of benzene rings is 3. The third-order valence-corrected chi connectivity index (χ3v) is 8.45. The monoisotopic (exact) mass is 603 g/mol. The summed E-state index contributed by atoms with van der Waals surface area (Å²) < 4.78 is 47.5. The standard InChI is InChI=1S/C30H35ClFN3O5S/c1-5-27(30(37)33-18-21(2)3)34(19-22-11-13-23(32)14-12-22)29(36)20-35(24-15-16-28(40-4)26(31)17-24)41(38,39)25-9-7-6-8-10-25/h6-17,21,27H,5,18-20H2,1-4H3,(H,33,37)/t27-/m1/s1. The summed E-state index contributed by atoms with van der Waals surface area (Å²) in [5.41, 5.74) is 0.729. The number of carbonyl (C=O) groups is 2. The third kappa shape index (κ3) is 8.20. The number of carbonyl (C=O) groups excluding carboxylic acids is 2. The van der Waals surface area contributed by atoms with Crippen molar-refractivity contribution in [3.8, 4) is 5.75 Å². The highest BCUT2D eigenvalue weighted by atomic mass is 35.5. The lowest BCUT2D eigenvalue weighted by Gasteiger charge is -2.33. The number of rotatable bonds is 13. The van der Waals surface area contributed by atoms with E-state index < -0.39 is 34.3 Å². The number of anilines is 1. The first-order valence-corrected chi connectivity index (χ1v) is 15.0. The van der Waals surface area contributed by atoms with Crippen molar-refractivity contribution in [2.45, 2.75) is 44.7 Å². The molecule has 0 fully saturated rings. The summed E-state index contributed by atoms with van der Waals surface area (Å²) in [6.45, 7) is 5.44. The summed E-state index contributed by atoms with van der Waals surface area (Å²) in [4.78, 5) is 28.6. The van der Waals surface area contributed by atoms with Crippen LogP contribution in [0.25, 0.3) is 0 Å². The van der Waals surface area contributed by atoms with Crippen molar-refractivity contribution in [3.05, 3.63) is 89.2 Å². The Labute approximate surface area is 246 Å². The Bertz CT molecular complexity index is 1440. The van der Waals surface area contributed by atoms with Crippen molar-refractivity contribution in [1.29, 1.82) is 0 Å². The van der Waals surface area contributed by atoms with Gasteiger partial charge in [-0.1, -0.05) is 62.7 Å². The van der Waals surface area contributed by atoms with Crippen LogP contribution >= 0.6 is 11.6 Å². The van der Waals surface area contributed by atoms with E-state index in [1.807, 2.05) is 13.8 Å². The van der Waals surface area contributed by atoms with Gasteiger partial charge in [0, 0.05) is 13.1 Å². The van der Waals surface area contributed by atoms with Crippen molar-refractivity contribution in [2.24, 2.45) is 5.92 Å². The molecule has 0 aromatic heterocycles. The van der Waals surface area contributed by atoms with Gasteiger partial charge in [0.25, 0.3) is 10.0 Å². The fraction of sp³-hybridized carbons (Fsp3) is 0.333. The van der Waals surface area contributed by atoms with E-state index in [1.54, 1.807) is 25.1 Å². The second-order valence-electron chi connectivity index (χ2n) is 9.85. The lowest BCUT2D eigenvalue weighted by atomic mass is 10.1. The van der Waals surface area contributed by atoms with E-state index in [2.05, 4.69) is 5.32 Å². The van der Waals surface area contributed by atoms with E-state index in [9.17, 15) is 22.4 Å². The number of halogens is 2. The smallest absolute Gasteiger partial charge is 0.264 e. The maximum absolute atomic E-state index is 14.0. The molecule has 2 amide bonds. The number of methoxy groups -OCH3 is 1. The minimum atomic E-state index is -4.24. The van der Waals surface area contributed by atoms with Gasteiger partial charge in [-0.05, 0) is 60.4 Å². The molecular formula is C30H35ClFN3O5S. The largest absolute Gasteiger partial charge is 0.495 e. The van der Waals surface area contributed by atoms with E-state index in [0.29, 0.717) is 17.9 Å². The van der Waals surface area contributed by atoms with Gasteiger partial charge in [0.05, 0.1) is 22.7 Å². The lowest BCUT2D eigenvalue weighted by molar-refractivity contribution is -0.140. The van der Waals surface area contributed by atoms with E-state index in [0.717, 1.165) is 4.31 Å². The first kappa shape index (κ1) is 31.9. The predicted octanol–water partition coefficient (Wildman–Crippen LogP) is 5.26. The summed E-state index contributed by atoms with van der Waals surface area (Å²) >= 11 is 6.34. The van der Waals surface area contributed by atoms with Gasteiger partial charge in [0.2, 0.25) is 11.8 Å². The molecule has 1 atom stereocenters. The fourth-order valence-electron chi connectivity index (χ4n) is 4.19. The van der Waals surface area contributed by atoms with Gasteiger partial charge in [-0.3, -0.25) is 13.9 Å². The molecule has 0 saturated heterocycles. The Morgan fingerprint density at radius 1 is 1.02 bits per heavy atom. The van der Waals surface area contributed by atoms with Crippen LogP contribution in [0.2, 0.25) is 5.02 Å². The highest BCUT2D eigenvalue weighted by Crippen LogP contribution is 2.32. The van der Waals surface area contributed by atoms with Gasteiger partial charge in [0.1, 0.15) is 24.2 Å².